The minimum Gasteiger partial charge on any atom is -0.497 e. The molecule has 2 aromatic carbocycles. The number of hydrogen-bond acceptors (Lipinski definition) is 9. The van der Waals surface area contributed by atoms with Crippen molar-refractivity contribution >= 4 is 34.0 Å². The number of aromatic nitrogens is 2. The highest BCUT2D eigenvalue weighted by atomic mass is 32.1. The van der Waals surface area contributed by atoms with E-state index in [4.69, 9.17) is 9.47 Å². The highest BCUT2D eigenvalue weighted by Crippen LogP contribution is 2.28. The summed E-state index contributed by atoms with van der Waals surface area (Å²) in [5, 5.41) is 25.2. The topological polar surface area (TPSA) is 146 Å². The van der Waals surface area contributed by atoms with Crippen LogP contribution in [0, 0.1) is 10.1 Å². The predicted octanol–water partition coefficient (Wildman–Crippen LogP) is 2.69. The van der Waals surface area contributed by atoms with Gasteiger partial charge in [0.25, 0.3) is 11.8 Å². The van der Waals surface area contributed by atoms with Crippen LogP contribution in [0.25, 0.3) is 0 Å². The third kappa shape index (κ3) is 5.55. The average Bonchev–Trinajstić information content (AvgIpc) is 3.25. The lowest BCUT2D eigenvalue weighted by molar-refractivity contribution is -0.385. The Bertz CT molecular complexity index is 1150. The maximum Gasteiger partial charge on any atom is 0.311 e. The molecule has 1 heterocycles. The van der Waals surface area contributed by atoms with Crippen molar-refractivity contribution in [2.45, 2.75) is 6.42 Å². The predicted molar refractivity (Wildman–Crippen MR) is 117 cm³/mol. The van der Waals surface area contributed by atoms with E-state index in [1.54, 1.807) is 24.3 Å². The number of amides is 2. The van der Waals surface area contributed by atoms with Gasteiger partial charge in [0.2, 0.25) is 5.13 Å². The average molecular weight is 457 g/mol. The molecule has 3 rings (SSSR count). The van der Waals surface area contributed by atoms with E-state index in [2.05, 4.69) is 20.8 Å². The number of methoxy groups -OCH3 is 2. The number of ether oxygens (including phenoxy) is 2. The minimum absolute atomic E-state index is 0.0562. The Labute approximate surface area is 186 Å². The summed E-state index contributed by atoms with van der Waals surface area (Å²) in [5.41, 5.74) is 0.243. The molecule has 2 amide bonds. The van der Waals surface area contributed by atoms with Crippen molar-refractivity contribution in [3.05, 3.63) is 68.7 Å². The highest BCUT2D eigenvalue weighted by Gasteiger charge is 2.19. The molecule has 11 nitrogen and oxygen atoms in total. The largest absolute Gasteiger partial charge is 0.497 e. The Hall–Kier alpha value is -4.06. The fourth-order valence-corrected chi connectivity index (χ4v) is 3.43. The highest BCUT2D eigenvalue weighted by molar-refractivity contribution is 7.15. The van der Waals surface area contributed by atoms with Crippen molar-refractivity contribution in [3.63, 3.8) is 0 Å². The maximum atomic E-state index is 12.4. The molecule has 3 aromatic rings. The molecule has 0 aliphatic carbocycles. The van der Waals surface area contributed by atoms with Gasteiger partial charge in [-0.1, -0.05) is 17.4 Å². The van der Waals surface area contributed by atoms with Crippen LogP contribution >= 0.6 is 11.3 Å². The Morgan fingerprint density at radius 2 is 1.84 bits per heavy atom. The summed E-state index contributed by atoms with van der Waals surface area (Å²) >= 11 is 1.14. The molecule has 0 spiro atoms. The fraction of sp³-hybridized carbons (Fsp3) is 0.200. The minimum atomic E-state index is -0.627. The molecule has 0 fully saturated rings. The molecule has 0 radical (unpaired) electrons. The second-order valence-corrected chi connectivity index (χ2v) is 7.40. The molecule has 0 aliphatic rings. The van der Waals surface area contributed by atoms with Crippen LogP contribution in [0.1, 0.15) is 25.7 Å². The number of nitrogens with zero attached hydrogens (tertiary/aromatic N) is 3. The Balaban J connectivity index is 1.55. The van der Waals surface area contributed by atoms with Gasteiger partial charge in [-0.15, -0.1) is 10.2 Å². The number of benzene rings is 2. The summed E-state index contributed by atoms with van der Waals surface area (Å²) in [5.74, 6) is -0.169. The fourth-order valence-electron chi connectivity index (χ4n) is 2.70. The first-order valence-corrected chi connectivity index (χ1v) is 10.1. The maximum absolute atomic E-state index is 12.4. The zero-order valence-electron chi connectivity index (χ0n) is 17.2. The monoisotopic (exact) mass is 457 g/mol. The van der Waals surface area contributed by atoms with Gasteiger partial charge in [-0.05, 0) is 30.3 Å². The zero-order chi connectivity index (χ0) is 23.1. The first kappa shape index (κ1) is 22.6. The number of nitro groups is 1. The number of nitro benzene ring substituents is 1. The number of carbonyl (C=O) groups is 2. The van der Waals surface area contributed by atoms with Crippen molar-refractivity contribution < 1.29 is 24.0 Å². The molecule has 32 heavy (non-hydrogen) atoms. The van der Waals surface area contributed by atoms with Crippen LogP contribution in [-0.4, -0.2) is 47.7 Å². The van der Waals surface area contributed by atoms with E-state index in [9.17, 15) is 19.7 Å². The van der Waals surface area contributed by atoms with Crippen LogP contribution in [0.5, 0.6) is 11.5 Å². The summed E-state index contributed by atoms with van der Waals surface area (Å²) in [6.07, 6.45) is 0.414. The third-order valence-electron chi connectivity index (χ3n) is 4.28. The third-order valence-corrected chi connectivity index (χ3v) is 5.18. The zero-order valence-corrected chi connectivity index (χ0v) is 18.0. The molecule has 0 unspecified atom stereocenters. The van der Waals surface area contributed by atoms with Gasteiger partial charge in [0.05, 0.1) is 19.1 Å². The van der Waals surface area contributed by atoms with E-state index in [-0.39, 0.29) is 28.0 Å². The molecule has 0 saturated carbocycles. The normalized spacial score (nSPS) is 10.3. The van der Waals surface area contributed by atoms with Gasteiger partial charge in [-0.25, -0.2) is 0 Å². The number of anilines is 1. The molecule has 166 valence electrons. The van der Waals surface area contributed by atoms with E-state index in [0.29, 0.717) is 29.3 Å². The molecule has 0 bridgehead atoms. The number of hydrogen-bond donors (Lipinski definition) is 2. The Kier molecular flexibility index (Phi) is 7.29. The van der Waals surface area contributed by atoms with Crippen molar-refractivity contribution in [2.24, 2.45) is 0 Å². The first-order valence-electron chi connectivity index (χ1n) is 9.29. The molecular formula is C20H19N5O6S. The van der Waals surface area contributed by atoms with Crippen molar-refractivity contribution in [2.75, 3.05) is 26.1 Å². The van der Waals surface area contributed by atoms with Crippen LogP contribution in [0.15, 0.2) is 42.5 Å². The van der Waals surface area contributed by atoms with Crippen molar-refractivity contribution in [3.8, 4) is 11.5 Å². The van der Waals surface area contributed by atoms with Gasteiger partial charge >= 0.3 is 5.69 Å². The van der Waals surface area contributed by atoms with E-state index >= 15 is 0 Å². The molecule has 0 aliphatic heterocycles. The number of rotatable bonds is 9. The lowest BCUT2D eigenvalue weighted by atomic mass is 10.2. The summed E-state index contributed by atoms with van der Waals surface area (Å²) < 4.78 is 10.0. The van der Waals surface area contributed by atoms with Crippen LogP contribution < -0.4 is 20.1 Å². The first-order chi connectivity index (χ1) is 15.4. The van der Waals surface area contributed by atoms with Gasteiger partial charge in [0, 0.05) is 30.2 Å². The molecule has 2 N–H and O–H groups in total. The smallest absolute Gasteiger partial charge is 0.311 e. The van der Waals surface area contributed by atoms with E-state index < -0.39 is 10.8 Å². The lowest BCUT2D eigenvalue weighted by Gasteiger charge is -2.05. The molecule has 1 aromatic heterocycles. The van der Waals surface area contributed by atoms with Crippen LogP contribution in [0.4, 0.5) is 10.8 Å². The summed E-state index contributed by atoms with van der Waals surface area (Å²) in [4.78, 5) is 35.1. The van der Waals surface area contributed by atoms with Gasteiger partial charge in [0.15, 0.2) is 5.75 Å². The second-order valence-electron chi connectivity index (χ2n) is 6.34. The molecule has 0 saturated heterocycles. The number of nitrogens with one attached hydrogen (secondary N) is 2. The molecule has 0 atom stereocenters. The van der Waals surface area contributed by atoms with Crippen LogP contribution in [0.3, 0.4) is 0 Å². The van der Waals surface area contributed by atoms with Crippen LogP contribution in [0.2, 0.25) is 0 Å². The molecular weight excluding hydrogens is 438 g/mol. The molecule has 12 heteroatoms. The Morgan fingerprint density at radius 3 is 2.56 bits per heavy atom. The summed E-state index contributed by atoms with van der Waals surface area (Å²) in [7, 11) is 2.84. The van der Waals surface area contributed by atoms with E-state index in [1.807, 2.05) is 0 Å². The van der Waals surface area contributed by atoms with Gasteiger partial charge < -0.3 is 14.8 Å². The standard InChI is InChI=1S/C20H19N5O6S/c1-30-14-5-3-4-12(10-14)18(26)21-9-8-17-23-24-20(32-17)22-19(27)13-6-7-16(31-2)15(11-13)25(28)29/h3-7,10-11H,8-9H2,1-2H3,(H,21,26)(H,22,24,27). The van der Waals surface area contributed by atoms with Gasteiger partial charge in [0.1, 0.15) is 10.8 Å². The van der Waals surface area contributed by atoms with E-state index in [0.717, 1.165) is 17.4 Å². The summed E-state index contributed by atoms with van der Waals surface area (Å²) in [6, 6.07) is 10.7. The lowest BCUT2D eigenvalue weighted by Crippen LogP contribution is -2.25. The van der Waals surface area contributed by atoms with E-state index in [1.165, 1.54) is 26.4 Å². The number of carbonyl (C=O) groups excluding carboxylic acids is 2. The second kappa shape index (κ2) is 10.3. The van der Waals surface area contributed by atoms with Gasteiger partial charge in [-0.2, -0.15) is 0 Å². The summed E-state index contributed by atoms with van der Waals surface area (Å²) in [6.45, 7) is 0.323. The van der Waals surface area contributed by atoms with Crippen molar-refractivity contribution in [1.29, 1.82) is 0 Å². The Morgan fingerprint density at radius 1 is 1.06 bits per heavy atom. The SMILES string of the molecule is COc1cccc(C(=O)NCCc2nnc(NC(=O)c3ccc(OC)c([N+](=O)[O-])c3)s2)c1. The van der Waals surface area contributed by atoms with Gasteiger partial charge in [-0.3, -0.25) is 25.0 Å². The van der Waals surface area contributed by atoms with Crippen LogP contribution in [-0.2, 0) is 6.42 Å². The van der Waals surface area contributed by atoms with Crippen molar-refractivity contribution in [1.82, 2.24) is 15.5 Å². The quantitative estimate of drug-likeness (QED) is 0.368.